The molecule has 3 rings (SSSR count). The first-order chi connectivity index (χ1) is 11.8. The van der Waals surface area contributed by atoms with Crippen LogP contribution in [0.15, 0.2) is 30.7 Å². The van der Waals surface area contributed by atoms with Crippen molar-refractivity contribution in [3.05, 3.63) is 35.9 Å². The van der Waals surface area contributed by atoms with E-state index < -0.39 is 17.8 Å². The number of rotatable bonds is 6. The number of amides is 1. The van der Waals surface area contributed by atoms with Crippen LogP contribution in [0.4, 0.5) is 14.5 Å². The molecule has 0 bridgehead atoms. The smallest absolute Gasteiger partial charge is 0.253 e. The van der Waals surface area contributed by atoms with Crippen molar-refractivity contribution in [1.29, 1.82) is 0 Å². The third kappa shape index (κ3) is 3.79. The zero-order valence-corrected chi connectivity index (χ0v) is 15.1. The third-order valence-electron chi connectivity index (χ3n) is 4.17. The molecule has 1 aliphatic carbocycles. The van der Waals surface area contributed by atoms with Gasteiger partial charge in [-0.05, 0) is 12.1 Å². The molecule has 134 valence electrons. The van der Waals surface area contributed by atoms with Gasteiger partial charge in [-0.25, -0.2) is 13.5 Å². The minimum Gasteiger partial charge on any atom is -0.307 e. The topological polar surface area (TPSA) is 51.0 Å². The summed E-state index contributed by atoms with van der Waals surface area (Å²) in [5.74, 6) is -4.00. The molecule has 5 nitrogen and oxygen atoms in total. The van der Waals surface area contributed by atoms with E-state index >= 15 is 0 Å². The Morgan fingerprint density at radius 2 is 2.32 bits per heavy atom. The lowest BCUT2D eigenvalue weighted by atomic mass is 10.1. The van der Waals surface area contributed by atoms with Crippen LogP contribution in [0.2, 0.25) is 5.15 Å². The van der Waals surface area contributed by atoms with Crippen molar-refractivity contribution in [3.8, 4) is 5.69 Å². The first-order valence-corrected chi connectivity index (χ1v) is 8.80. The van der Waals surface area contributed by atoms with Crippen molar-refractivity contribution in [1.82, 2.24) is 14.8 Å². The van der Waals surface area contributed by atoms with E-state index in [1.54, 1.807) is 37.6 Å². The summed E-state index contributed by atoms with van der Waals surface area (Å²) in [5.41, 5.74) is 0.967. The van der Waals surface area contributed by atoms with E-state index in [0.29, 0.717) is 17.1 Å². The number of aromatic nitrogens is 3. The number of nitrogens with zero attached hydrogens (tertiary/aromatic N) is 4. The van der Waals surface area contributed by atoms with Crippen LogP contribution in [0.3, 0.4) is 0 Å². The molecule has 0 aliphatic heterocycles. The molecule has 1 fully saturated rings. The molecule has 1 aliphatic rings. The number of anilines is 1. The van der Waals surface area contributed by atoms with Crippen LogP contribution in [-0.4, -0.2) is 38.9 Å². The molecule has 1 saturated carbocycles. The van der Waals surface area contributed by atoms with Crippen molar-refractivity contribution in [2.75, 3.05) is 17.2 Å². The molecule has 2 aromatic rings. The highest BCUT2D eigenvalue weighted by Gasteiger charge is 2.57. The van der Waals surface area contributed by atoms with Gasteiger partial charge in [0, 0.05) is 36.8 Å². The Morgan fingerprint density at radius 1 is 1.60 bits per heavy atom. The van der Waals surface area contributed by atoms with E-state index in [4.69, 9.17) is 11.6 Å². The number of hydrogen-bond acceptors (Lipinski definition) is 4. The minimum absolute atomic E-state index is 0.0764. The number of pyridine rings is 1. The van der Waals surface area contributed by atoms with E-state index in [9.17, 15) is 13.6 Å². The molecule has 2 aromatic heterocycles. The van der Waals surface area contributed by atoms with Crippen LogP contribution in [0.5, 0.6) is 0 Å². The summed E-state index contributed by atoms with van der Waals surface area (Å²) in [6.07, 6.45) is 4.54. The fourth-order valence-corrected chi connectivity index (χ4v) is 2.87. The zero-order valence-electron chi connectivity index (χ0n) is 13.4. The maximum absolute atomic E-state index is 13.4. The average Bonchev–Trinajstić information content (AvgIpc) is 3.02. The van der Waals surface area contributed by atoms with Crippen LogP contribution < -0.4 is 4.90 Å². The van der Waals surface area contributed by atoms with Gasteiger partial charge in [0.05, 0.1) is 18.1 Å². The molecule has 0 aromatic carbocycles. The Kier molecular flexibility index (Phi) is 5.02. The molecule has 0 spiro atoms. The number of hydrogen-bond donors (Lipinski definition) is 1. The highest BCUT2D eigenvalue weighted by Crippen LogP contribution is 2.49. The van der Waals surface area contributed by atoms with Crippen molar-refractivity contribution < 1.29 is 13.6 Å². The number of thiol groups is 1. The Bertz CT molecular complexity index is 771. The van der Waals surface area contributed by atoms with Gasteiger partial charge in [-0.3, -0.25) is 9.78 Å². The van der Waals surface area contributed by atoms with Crippen LogP contribution in [0.1, 0.15) is 13.3 Å². The van der Waals surface area contributed by atoms with E-state index in [0.717, 1.165) is 0 Å². The van der Waals surface area contributed by atoms with Crippen LogP contribution in [-0.2, 0) is 4.79 Å². The van der Waals surface area contributed by atoms with Gasteiger partial charge in [-0.2, -0.15) is 17.7 Å². The zero-order chi connectivity index (χ0) is 18.2. The quantitative estimate of drug-likeness (QED) is 0.773. The molecule has 2 unspecified atom stereocenters. The Balaban J connectivity index is 1.93. The first kappa shape index (κ1) is 18.1. The Hall–Kier alpha value is -1.67. The summed E-state index contributed by atoms with van der Waals surface area (Å²) < 4.78 is 28.2. The first-order valence-electron chi connectivity index (χ1n) is 7.79. The van der Waals surface area contributed by atoms with Gasteiger partial charge in [-0.1, -0.05) is 18.5 Å². The molecule has 25 heavy (non-hydrogen) atoms. The summed E-state index contributed by atoms with van der Waals surface area (Å²) in [4.78, 5) is 18.0. The maximum atomic E-state index is 13.4. The highest BCUT2D eigenvalue weighted by molar-refractivity contribution is 7.80. The Morgan fingerprint density at radius 3 is 2.88 bits per heavy atom. The van der Waals surface area contributed by atoms with Crippen molar-refractivity contribution >= 4 is 35.8 Å². The van der Waals surface area contributed by atoms with E-state index in [1.165, 1.54) is 9.58 Å². The van der Waals surface area contributed by atoms with Crippen LogP contribution in [0.25, 0.3) is 5.69 Å². The van der Waals surface area contributed by atoms with Gasteiger partial charge in [0.2, 0.25) is 5.91 Å². The SMILES string of the molecule is CC(CS)C(=O)N(CC1CC1(F)F)c1cn(-c2cccnc2)nc1Cl. The number of alkyl halides is 2. The fraction of sp³-hybridized carbons (Fsp3) is 0.438. The van der Waals surface area contributed by atoms with Gasteiger partial charge in [0.15, 0.2) is 5.15 Å². The van der Waals surface area contributed by atoms with Gasteiger partial charge in [0.25, 0.3) is 5.92 Å². The molecule has 0 N–H and O–H groups in total. The normalized spacial score (nSPS) is 19.5. The van der Waals surface area contributed by atoms with Gasteiger partial charge >= 0.3 is 0 Å². The summed E-state index contributed by atoms with van der Waals surface area (Å²) in [6, 6.07) is 3.51. The number of halogens is 3. The van der Waals surface area contributed by atoms with E-state index in [1.807, 2.05) is 0 Å². The standard InChI is InChI=1S/C16H17ClF2N4OS/c1-10(9-25)15(24)22(7-11-5-16(11,18)19)13-8-23(21-14(13)17)12-3-2-4-20-6-12/h2-4,6,8,10-11,25H,5,7,9H2,1H3. The van der Waals surface area contributed by atoms with Gasteiger partial charge in [-0.15, -0.1) is 0 Å². The molecule has 2 atom stereocenters. The molecule has 9 heteroatoms. The molecule has 2 heterocycles. The maximum Gasteiger partial charge on any atom is 0.253 e. The van der Waals surface area contributed by atoms with E-state index in [-0.39, 0.29) is 24.0 Å². The predicted octanol–water partition coefficient (Wildman–Crippen LogP) is 3.47. The minimum atomic E-state index is -2.73. The van der Waals surface area contributed by atoms with Gasteiger partial charge in [0.1, 0.15) is 5.69 Å². The molecular formula is C16H17ClF2N4OS. The molecule has 1 amide bonds. The fourth-order valence-electron chi connectivity index (χ4n) is 2.49. The molecule has 0 radical (unpaired) electrons. The lowest BCUT2D eigenvalue weighted by molar-refractivity contribution is -0.121. The largest absolute Gasteiger partial charge is 0.307 e. The van der Waals surface area contributed by atoms with Crippen molar-refractivity contribution in [3.63, 3.8) is 0 Å². The Labute approximate surface area is 154 Å². The summed E-state index contributed by atoms with van der Waals surface area (Å²) in [6.45, 7) is 1.61. The van der Waals surface area contributed by atoms with Crippen molar-refractivity contribution in [2.45, 2.75) is 19.3 Å². The van der Waals surface area contributed by atoms with Gasteiger partial charge < -0.3 is 4.90 Å². The summed E-state index contributed by atoms with van der Waals surface area (Å²) in [5, 5.41) is 4.25. The average molecular weight is 387 g/mol. The second-order valence-electron chi connectivity index (χ2n) is 6.16. The highest BCUT2D eigenvalue weighted by atomic mass is 35.5. The van der Waals surface area contributed by atoms with Crippen LogP contribution in [0, 0.1) is 11.8 Å². The number of carbonyl (C=O) groups excluding carboxylic acids is 1. The van der Waals surface area contributed by atoms with E-state index in [2.05, 4.69) is 22.7 Å². The van der Waals surface area contributed by atoms with Crippen molar-refractivity contribution in [2.24, 2.45) is 11.8 Å². The summed E-state index contributed by atoms with van der Waals surface area (Å²) in [7, 11) is 0. The third-order valence-corrected chi connectivity index (χ3v) is 4.99. The lowest BCUT2D eigenvalue weighted by Gasteiger charge is -2.24. The summed E-state index contributed by atoms with van der Waals surface area (Å²) >= 11 is 10.3. The van der Waals surface area contributed by atoms with Crippen LogP contribution >= 0.6 is 24.2 Å². The number of carbonyl (C=O) groups is 1. The second-order valence-corrected chi connectivity index (χ2v) is 6.88. The second kappa shape index (κ2) is 6.92. The monoisotopic (exact) mass is 386 g/mol. The molecule has 0 saturated heterocycles. The molecular weight excluding hydrogens is 370 g/mol. The lowest BCUT2D eigenvalue weighted by Crippen LogP contribution is -2.38. The predicted molar refractivity (Wildman–Crippen MR) is 94.8 cm³/mol.